The van der Waals surface area contributed by atoms with Crippen LogP contribution in [0.25, 0.3) is 0 Å². The van der Waals surface area contributed by atoms with E-state index in [2.05, 4.69) is 44.2 Å². The second-order valence-corrected chi connectivity index (χ2v) is 7.06. The van der Waals surface area contributed by atoms with Gasteiger partial charge in [-0.3, -0.25) is 0 Å². The number of nitrogens with one attached hydrogen (secondary N) is 1. The lowest BCUT2D eigenvalue weighted by Gasteiger charge is -2.45. The summed E-state index contributed by atoms with van der Waals surface area (Å²) >= 11 is 0. The minimum atomic E-state index is 0.261. The molecule has 1 aliphatic rings. The maximum absolute atomic E-state index is 9.94. The molecule has 0 aromatic heterocycles. The Hall–Kier alpha value is -1.06. The third-order valence-corrected chi connectivity index (χ3v) is 5.02. The smallest absolute Gasteiger partial charge is 0.120 e. The Labute approximate surface area is 129 Å². The van der Waals surface area contributed by atoms with Crippen molar-refractivity contribution < 1.29 is 5.11 Å². The molecule has 0 heterocycles. The van der Waals surface area contributed by atoms with E-state index in [9.17, 15) is 5.11 Å². The zero-order valence-electron chi connectivity index (χ0n) is 13.9. The minimum absolute atomic E-state index is 0.261. The summed E-state index contributed by atoms with van der Waals surface area (Å²) in [6, 6.07) is 5.80. The van der Waals surface area contributed by atoms with Crippen molar-refractivity contribution in [3.8, 4) is 5.75 Å². The third-order valence-electron chi connectivity index (χ3n) is 5.02. The number of likely N-dealkylation sites (N-methyl/N-ethyl adjacent to an activating group) is 1. The number of aryl methyl sites for hydroxylation is 1. The molecule has 0 aliphatic heterocycles. The molecule has 0 amide bonds. The number of nitrogens with zero attached hydrogens (tertiary/aromatic N) is 1. The Morgan fingerprint density at radius 3 is 2.81 bits per heavy atom. The van der Waals surface area contributed by atoms with Crippen LogP contribution in [-0.4, -0.2) is 36.2 Å². The van der Waals surface area contributed by atoms with Crippen LogP contribution in [0.5, 0.6) is 5.75 Å². The predicted molar refractivity (Wildman–Crippen MR) is 88.6 cm³/mol. The standard InChI is InChI=1S/C18H30N2O/c1-14-7-8-17(21)16(10-14)12-19-13-18(20(3)4)9-5-6-15(2)11-18/h7-8,10,15,19,21H,5-6,9,11-13H2,1-4H3. The normalized spacial score (nSPS) is 26.2. The summed E-state index contributed by atoms with van der Waals surface area (Å²) in [5, 5.41) is 13.5. The van der Waals surface area contributed by atoms with Gasteiger partial charge in [-0.1, -0.05) is 37.5 Å². The lowest BCUT2D eigenvalue weighted by Crippen LogP contribution is -2.54. The maximum atomic E-state index is 9.94. The van der Waals surface area contributed by atoms with Gasteiger partial charge >= 0.3 is 0 Å². The van der Waals surface area contributed by atoms with E-state index in [1.54, 1.807) is 6.07 Å². The molecule has 3 heteroatoms. The van der Waals surface area contributed by atoms with E-state index in [-0.39, 0.29) is 5.54 Å². The van der Waals surface area contributed by atoms with Crippen molar-refractivity contribution in [1.82, 2.24) is 10.2 Å². The monoisotopic (exact) mass is 290 g/mol. The van der Waals surface area contributed by atoms with Crippen molar-refractivity contribution in [3.63, 3.8) is 0 Å². The molecule has 1 aromatic rings. The van der Waals surface area contributed by atoms with Crippen LogP contribution < -0.4 is 5.32 Å². The Morgan fingerprint density at radius 1 is 1.38 bits per heavy atom. The van der Waals surface area contributed by atoms with Crippen LogP contribution in [0.1, 0.15) is 43.7 Å². The fourth-order valence-corrected chi connectivity index (χ4v) is 3.64. The van der Waals surface area contributed by atoms with E-state index in [0.29, 0.717) is 5.75 Å². The topological polar surface area (TPSA) is 35.5 Å². The fourth-order valence-electron chi connectivity index (χ4n) is 3.64. The van der Waals surface area contributed by atoms with Gasteiger partial charge in [0.1, 0.15) is 5.75 Å². The summed E-state index contributed by atoms with van der Waals surface area (Å²) in [4.78, 5) is 2.39. The van der Waals surface area contributed by atoms with Crippen LogP contribution in [0.3, 0.4) is 0 Å². The van der Waals surface area contributed by atoms with E-state index in [0.717, 1.165) is 24.6 Å². The van der Waals surface area contributed by atoms with Crippen molar-refractivity contribution in [1.29, 1.82) is 0 Å². The third kappa shape index (κ3) is 3.98. The summed E-state index contributed by atoms with van der Waals surface area (Å²) in [5.41, 5.74) is 2.45. The summed E-state index contributed by atoms with van der Waals surface area (Å²) in [7, 11) is 4.40. The van der Waals surface area contributed by atoms with Crippen molar-refractivity contribution in [2.75, 3.05) is 20.6 Å². The van der Waals surface area contributed by atoms with E-state index >= 15 is 0 Å². The lowest BCUT2D eigenvalue weighted by molar-refractivity contribution is 0.0749. The maximum Gasteiger partial charge on any atom is 0.120 e. The van der Waals surface area contributed by atoms with Crippen LogP contribution in [0, 0.1) is 12.8 Å². The molecule has 1 fully saturated rings. The summed E-state index contributed by atoms with van der Waals surface area (Å²) < 4.78 is 0. The number of benzene rings is 1. The molecule has 1 aromatic carbocycles. The van der Waals surface area contributed by atoms with Gasteiger partial charge in [0.2, 0.25) is 0 Å². The molecule has 0 radical (unpaired) electrons. The van der Waals surface area contributed by atoms with Crippen molar-refractivity contribution in [2.45, 2.75) is 51.6 Å². The number of aromatic hydroxyl groups is 1. The molecule has 0 bridgehead atoms. The van der Waals surface area contributed by atoms with Crippen molar-refractivity contribution >= 4 is 0 Å². The lowest BCUT2D eigenvalue weighted by atomic mass is 9.75. The molecule has 1 saturated carbocycles. The van der Waals surface area contributed by atoms with Crippen LogP contribution in [0.4, 0.5) is 0 Å². The van der Waals surface area contributed by atoms with Gasteiger partial charge in [0.15, 0.2) is 0 Å². The van der Waals surface area contributed by atoms with Crippen LogP contribution in [0.2, 0.25) is 0 Å². The molecule has 2 atom stereocenters. The fraction of sp³-hybridized carbons (Fsp3) is 0.667. The Kier molecular flexibility index (Phi) is 5.28. The molecule has 2 unspecified atom stereocenters. The first-order valence-corrected chi connectivity index (χ1v) is 8.09. The molecule has 2 rings (SSSR count). The predicted octanol–water partition coefficient (Wildman–Crippen LogP) is 3.30. The largest absolute Gasteiger partial charge is 0.508 e. The summed E-state index contributed by atoms with van der Waals surface area (Å²) in [6.45, 7) is 6.14. The average Bonchev–Trinajstić information content (AvgIpc) is 2.42. The van der Waals surface area contributed by atoms with E-state index in [1.165, 1.54) is 31.2 Å². The number of hydrogen-bond donors (Lipinski definition) is 2. The minimum Gasteiger partial charge on any atom is -0.508 e. The SMILES string of the molecule is Cc1ccc(O)c(CNCC2(N(C)C)CCCC(C)C2)c1. The molecule has 2 N–H and O–H groups in total. The molecule has 1 aliphatic carbocycles. The van der Waals surface area contributed by atoms with Crippen LogP contribution in [0.15, 0.2) is 18.2 Å². The summed E-state index contributed by atoms with van der Waals surface area (Å²) in [5.74, 6) is 1.19. The van der Waals surface area contributed by atoms with Gasteiger partial charge in [0, 0.05) is 24.2 Å². The second-order valence-electron chi connectivity index (χ2n) is 7.06. The molecule has 118 valence electrons. The van der Waals surface area contributed by atoms with Gasteiger partial charge < -0.3 is 15.3 Å². The number of hydrogen-bond acceptors (Lipinski definition) is 3. The molecule has 3 nitrogen and oxygen atoms in total. The molecule has 0 spiro atoms. The van der Waals surface area contributed by atoms with E-state index < -0.39 is 0 Å². The molecule has 21 heavy (non-hydrogen) atoms. The first-order valence-electron chi connectivity index (χ1n) is 8.09. The van der Waals surface area contributed by atoms with E-state index in [4.69, 9.17) is 0 Å². The zero-order chi connectivity index (χ0) is 15.5. The quantitative estimate of drug-likeness (QED) is 0.873. The van der Waals surface area contributed by atoms with Crippen molar-refractivity contribution in [3.05, 3.63) is 29.3 Å². The van der Waals surface area contributed by atoms with E-state index in [1.807, 2.05) is 6.07 Å². The van der Waals surface area contributed by atoms with Gasteiger partial charge in [-0.25, -0.2) is 0 Å². The van der Waals surface area contributed by atoms with Gasteiger partial charge in [-0.2, -0.15) is 0 Å². The van der Waals surface area contributed by atoms with Gasteiger partial charge in [0.25, 0.3) is 0 Å². The number of rotatable bonds is 5. The molecular weight excluding hydrogens is 260 g/mol. The van der Waals surface area contributed by atoms with Crippen LogP contribution in [-0.2, 0) is 6.54 Å². The molecular formula is C18H30N2O. The van der Waals surface area contributed by atoms with Gasteiger partial charge in [-0.15, -0.1) is 0 Å². The highest BCUT2D eigenvalue weighted by Gasteiger charge is 2.36. The first-order chi connectivity index (χ1) is 9.93. The summed E-state index contributed by atoms with van der Waals surface area (Å²) in [6.07, 6.45) is 5.19. The zero-order valence-corrected chi connectivity index (χ0v) is 13.9. The number of phenols is 1. The second kappa shape index (κ2) is 6.80. The first kappa shape index (κ1) is 16.3. The Morgan fingerprint density at radius 2 is 2.14 bits per heavy atom. The van der Waals surface area contributed by atoms with Gasteiger partial charge in [0.05, 0.1) is 0 Å². The number of phenolic OH excluding ortho intramolecular Hbond substituents is 1. The Bertz CT molecular complexity index is 472. The average molecular weight is 290 g/mol. The van der Waals surface area contributed by atoms with Gasteiger partial charge in [-0.05, 0) is 45.8 Å². The highest BCUT2D eigenvalue weighted by molar-refractivity contribution is 5.35. The van der Waals surface area contributed by atoms with Crippen LogP contribution >= 0.6 is 0 Å². The highest BCUT2D eigenvalue weighted by Crippen LogP contribution is 2.35. The highest BCUT2D eigenvalue weighted by atomic mass is 16.3. The van der Waals surface area contributed by atoms with Crippen molar-refractivity contribution in [2.24, 2.45) is 5.92 Å². The molecule has 0 saturated heterocycles. The Balaban J connectivity index is 1.98.